The Bertz CT molecular complexity index is 944. The lowest BCUT2D eigenvalue weighted by molar-refractivity contribution is -0.122. The molecule has 30 heavy (non-hydrogen) atoms. The normalized spacial score (nSPS) is 13.1. The molecule has 0 atom stereocenters. The Labute approximate surface area is 176 Å². The molecule has 1 saturated carbocycles. The van der Waals surface area contributed by atoms with Crippen molar-refractivity contribution >= 4 is 23.2 Å². The zero-order valence-electron chi connectivity index (χ0n) is 16.6. The van der Waals surface area contributed by atoms with Gasteiger partial charge in [-0.3, -0.25) is 9.59 Å². The number of benzene rings is 3. The summed E-state index contributed by atoms with van der Waals surface area (Å²) < 4.78 is 5.99. The molecule has 1 fully saturated rings. The van der Waals surface area contributed by atoms with Crippen LogP contribution in [0.15, 0.2) is 84.9 Å². The SMILES string of the molecule is O=C(COC(c1ccccc1)c1ccccc1)Nc1ccc(NC(=O)C2CC2)cc1. The van der Waals surface area contributed by atoms with Crippen molar-refractivity contribution in [2.24, 2.45) is 5.92 Å². The number of hydrogen-bond acceptors (Lipinski definition) is 3. The second-order valence-electron chi connectivity index (χ2n) is 7.40. The van der Waals surface area contributed by atoms with Crippen LogP contribution in [-0.2, 0) is 14.3 Å². The minimum absolute atomic E-state index is 0.0630. The number of nitrogens with one attached hydrogen (secondary N) is 2. The lowest BCUT2D eigenvalue weighted by atomic mass is 10.0. The summed E-state index contributed by atoms with van der Waals surface area (Å²) in [6, 6.07) is 26.8. The van der Waals surface area contributed by atoms with Crippen molar-refractivity contribution in [2.75, 3.05) is 17.2 Å². The van der Waals surface area contributed by atoms with E-state index < -0.39 is 0 Å². The van der Waals surface area contributed by atoms with Gasteiger partial charge in [-0.15, -0.1) is 0 Å². The average Bonchev–Trinajstić information content (AvgIpc) is 3.62. The summed E-state index contributed by atoms with van der Waals surface area (Å²) in [4.78, 5) is 24.3. The van der Waals surface area contributed by atoms with E-state index in [2.05, 4.69) is 10.6 Å². The predicted octanol–water partition coefficient (Wildman–Crippen LogP) is 4.78. The van der Waals surface area contributed by atoms with Crippen LogP contribution in [0.5, 0.6) is 0 Å². The summed E-state index contributed by atoms with van der Waals surface area (Å²) >= 11 is 0. The first-order valence-corrected chi connectivity index (χ1v) is 10.1. The molecule has 0 bridgehead atoms. The molecule has 5 nitrogen and oxygen atoms in total. The predicted molar refractivity (Wildman–Crippen MR) is 117 cm³/mol. The monoisotopic (exact) mass is 400 g/mol. The van der Waals surface area contributed by atoms with E-state index in [0.29, 0.717) is 5.69 Å². The van der Waals surface area contributed by atoms with E-state index in [4.69, 9.17) is 4.74 Å². The number of ether oxygens (including phenoxy) is 1. The van der Waals surface area contributed by atoms with E-state index >= 15 is 0 Å². The van der Waals surface area contributed by atoms with Gasteiger partial charge < -0.3 is 15.4 Å². The van der Waals surface area contributed by atoms with Crippen molar-refractivity contribution in [3.8, 4) is 0 Å². The molecule has 152 valence electrons. The Kier molecular flexibility index (Phi) is 6.20. The van der Waals surface area contributed by atoms with Crippen LogP contribution in [0.3, 0.4) is 0 Å². The highest BCUT2D eigenvalue weighted by Gasteiger charge is 2.29. The van der Waals surface area contributed by atoms with Gasteiger partial charge in [0.15, 0.2) is 0 Å². The number of hydrogen-bond donors (Lipinski definition) is 2. The largest absolute Gasteiger partial charge is 0.359 e. The van der Waals surface area contributed by atoms with Crippen LogP contribution < -0.4 is 10.6 Å². The highest BCUT2D eigenvalue weighted by atomic mass is 16.5. The van der Waals surface area contributed by atoms with Gasteiger partial charge in [0.1, 0.15) is 12.7 Å². The second kappa shape index (κ2) is 9.37. The van der Waals surface area contributed by atoms with Crippen LogP contribution in [0.1, 0.15) is 30.1 Å². The number of rotatable bonds is 8. The molecule has 5 heteroatoms. The maximum Gasteiger partial charge on any atom is 0.250 e. The van der Waals surface area contributed by atoms with Gasteiger partial charge in [-0.25, -0.2) is 0 Å². The molecule has 0 saturated heterocycles. The van der Waals surface area contributed by atoms with Crippen LogP contribution in [0.4, 0.5) is 11.4 Å². The fourth-order valence-electron chi connectivity index (χ4n) is 3.22. The van der Waals surface area contributed by atoms with Gasteiger partial charge in [0.25, 0.3) is 0 Å². The van der Waals surface area contributed by atoms with Crippen molar-refractivity contribution < 1.29 is 14.3 Å². The molecular formula is C25H24N2O3. The molecule has 1 aliphatic rings. The molecule has 0 radical (unpaired) electrons. The molecule has 2 amide bonds. The summed E-state index contributed by atoms with van der Waals surface area (Å²) in [5.41, 5.74) is 3.37. The Morgan fingerprint density at radius 3 is 1.77 bits per heavy atom. The molecule has 4 rings (SSSR count). The van der Waals surface area contributed by atoms with Gasteiger partial charge in [-0.2, -0.15) is 0 Å². The van der Waals surface area contributed by atoms with Gasteiger partial charge in [-0.1, -0.05) is 60.7 Å². The minimum Gasteiger partial charge on any atom is -0.359 e. The zero-order valence-corrected chi connectivity index (χ0v) is 16.6. The van der Waals surface area contributed by atoms with Crippen molar-refractivity contribution in [2.45, 2.75) is 18.9 Å². The molecule has 3 aromatic carbocycles. The van der Waals surface area contributed by atoms with Crippen LogP contribution in [0.2, 0.25) is 0 Å². The van der Waals surface area contributed by atoms with Crippen LogP contribution in [0, 0.1) is 5.92 Å². The van der Waals surface area contributed by atoms with Gasteiger partial charge in [0.2, 0.25) is 11.8 Å². The van der Waals surface area contributed by atoms with E-state index in [1.54, 1.807) is 24.3 Å². The number of carbonyl (C=O) groups is 2. The summed E-state index contributed by atoms with van der Waals surface area (Å²) in [5.74, 6) is -0.0154. The van der Waals surface area contributed by atoms with Crippen LogP contribution >= 0.6 is 0 Å². The Morgan fingerprint density at radius 1 is 0.767 bits per heavy atom. The van der Waals surface area contributed by atoms with Crippen LogP contribution in [0.25, 0.3) is 0 Å². The smallest absolute Gasteiger partial charge is 0.250 e. The molecular weight excluding hydrogens is 376 g/mol. The maximum atomic E-state index is 12.4. The van der Waals surface area contributed by atoms with E-state index in [9.17, 15) is 9.59 Å². The second-order valence-corrected chi connectivity index (χ2v) is 7.40. The van der Waals surface area contributed by atoms with E-state index in [1.807, 2.05) is 60.7 Å². The number of amides is 2. The van der Waals surface area contributed by atoms with E-state index in [1.165, 1.54) is 0 Å². The summed E-state index contributed by atoms with van der Waals surface area (Å²) in [6.45, 7) is -0.0748. The molecule has 1 aliphatic carbocycles. The lowest BCUT2D eigenvalue weighted by Crippen LogP contribution is -2.20. The zero-order chi connectivity index (χ0) is 20.8. The van der Waals surface area contributed by atoms with E-state index in [-0.39, 0.29) is 30.4 Å². The van der Waals surface area contributed by atoms with E-state index in [0.717, 1.165) is 29.7 Å². The van der Waals surface area contributed by atoms with Crippen molar-refractivity contribution in [1.29, 1.82) is 0 Å². The summed E-state index contributed by atoms with van der Waals surface area (Å²) in [6.07, 6.45) is 1.61. The molecule has 0 spiro atoms. The number of anilines is 2. The molecule has 0 unspecified atom stereocenters. The lowest BCUT2D eigenvalue weighted by Gasteiger charge is -2.19. The maximum absolute atomic E-state index is 12.4. The van der Waals surface area contributed by atoms with Gasteiger partial charge >= 0.3 is 0 Å². The molecule has 0 aliphatic heterocycles. The van der Waals surface area contributed by atoms with Crippen molar-refractivity contribution in [1.82, 2.24) is 0 Å². The standard InChI is InChI=1S/C25H24N2O3/c28-23(26-21-13-15-22(16-14-21)27-25(29)20-11-12-20)17-30-24(18-7-3-1-4-8-18)19-9-5-2-6-10-19/h1-10,13-16,20,24H,11-12,17H2,(H,26,28)(H,27,29). The first kappa shape index (κ1) is 19.9. The minimum atomic E-state index is -0.321. The highest BCUT2D eigenvalue weighted by molar-refractivity contribution is 5.95. The van der Waals surface area contributed by atoms with Crippen molar-refractivity contribution in [3.05, 3.63) is 96.1 Å². The fraction of sp³-hybridized carbons (Fsp3) is 0.200. The molecule has 2 N–H and O–H groups in total. The molecule has 0 aromatic heterocycles. The summed E-state index contributed by atoms with van der Waals surface area (Å²) in [5, 5.41) is 5.72. The third kappa shape index (κ3) is 5.33. The van der Waals surface area contributed by atoms with Crippen LogP contribution in [-0.4, -0.2) is 18.4 Å². The first-order valence-electron chi connectivity index (χ1n) is 10.1. The fourth-order valence-corrected chi connectivity index (χ4v) is 3.22. The Balaban J connectivity index is 1.35. The number of carbonyl (C=O) groups excluding carboxylic acids is 2. The average molecular weight is 400 g/mol. The quantitative estimate of drug-likeness (QED) is 0.572. The van der Waals surface area contributed by atoms with Gasteiger partial charge in [-0.05, 0) is 48.2 Å². The molecule has 3 aromatic rings. The Hall–Kier alpha value is -3.44. The topological polar surface area (TPSA) is 67.4 Å². The molecule has 0 heterocycles. The van der Waals surface area contributed by atoms with Gasteiger partial charge in [0, 0.05) is 17.3 Å². The first-order chi connectivity index (χ1) is 14.7. The third-order valence-corrected chi connectivity index (χ3v) is 4.97. The van der Waals surface area contributed by atoms with Gasteiger partial charge in [0.05, 0.1) is 0 Å². The highest BCUT2D eigenvalue weighted by Crippen LogP contribution is 2.30. The Morgan fingerprint density at radius 2 is 1.27 bits per heavy atom. The van der Waals surface area contributed by atoms with Crippen molar-refractivity contribution in [3.63, 3.8) is 0 Å². The summed E-state index contributed by atoms with van der Waals surface area (Å²) in [7, 11) is 0. The third-order valence-electron chi connectivity index (χ3n) is 4.97.